The smallest absolute Gasteiger partial charge is 0.0586 e. The van der Waals surface area contributed by atoms with Crippen LogP contribution in [0.25, 0.3) is 0 Å². The summed E-state index contributed by atoms with van der Waals surface area (Å²) in [5.41, 5.74) is 6.99. The minimum atomic E-state index is 0.125. The van der Waals surface area contributed by atoms with E-state index in [1.807, 2.05) is 18.2 Å². The maximum Gasteiger partial charge on any atom is 0.0586 e. The van der Waals surface area contributed by atoms with Crippen LogP contribution in [-0.2, 0) is 10.2 Å². The minimum absolute atomic E-state index is 0.125. The van der Waals surface area contributed by atoms with Crippen LogP contribution >= 0.6 is 11.6 Å². The molecule has 0 atom stereocenters. The van der Waals surface area contributed by atoms with Gasteiger partial charge in [-0.2, -0.15) is 0 Å². The molecular weight excluding hydrogens is 198 g/mol. The monoisotopic (exact) mass is 211 g/mol. The Morgan fingerprint density at radius 3 is 2.71 bits per heavy atom. The first-order chi connectivity index (χ1) is 6.77. The Morgan fingerprint density at radius 1 is 1.43 bits per heavy atom. The molecule has 1 fully saturated rings. The molecule has 0 bridgehead atoms. The van der Waals surface area contributed by atoms with E-state index in [4.69, 9.17) is 22.1 Å². The van der Waals surface area contributed by atoms with E-state index in [0.29, 0.717) is 6.54 Å². The molecule has 76 valence electrons. The molecule has 0 radical (unpaired) electrons. The van der Waals surface area contributed by atoms with Crippen molar-refractivity contribution in [2.24, 2.45) is 5.73 Å². The molecule has 0 amide bonds. The number of benzene rings is 1. The summed E-state index contributed by atoms with van der Waals surface area (Å²) < 4.78 is 5.29. The normalized spacial score (nSPS) is 19.0. The molecule has 0 saturated carbocycles. The highest BCUT2D eigenvalue weighted by Crippen LogP contribution is 2.36. The van der Waals surface area contributed by atoms with Crippen molar-refractivity contribution in [3.8, 4) is 0 Å². The van der Waals surface area contributed by atoms with Crippen molar-refractivity contribution in [2.75, 3.05) is 19.8 Å². The highest BCUT2D eigenvalue weighted by molar-refractivity contribution is 6.30. The lowest BCUT2D eigenvalue weighted by Crippen LogP contribution is -2.48. The lowest BCUT2D eigenvalue weighted by atomic mass is 9.76. The highest BCUT2D eigenvalue weighted by Gasteiger charge is 2.39. The van der Waals surface area contributed by atoms with Crippen molar-refractivity contribution in [2.45, 2.75) is 11.8 Å². The predicted octanol–water partition coefficient (Wildman–Crippen LogP) is 1.96. The summed E-state index contributed by atoms with van der Waals surface area (Å²) in [6.45, 7) is 2.23. The number of halogens is 1. The zero-order valence-electron chi connectivity index (χ0n) is 8.00. The van der Waals surface area contributed by atoms with Crippen molar-refractivity contribution < 1.29 is 4.74 Å². The Bertz CT molecular complexity index is 323. The van der Waals surface area contributed by atoms with Crippen LogP contribution in [0.2, 0.25) is 5.02 Å². The summed E-state index contributed by atoms with van der Waals surface area (Å²) in [6.07, 6.45) is 0.966. The van der Waals surface area contributed by atoms with E-state index >= 15 is 0 Å². The van der Waals surface area contributed by atoms with Gasteiger partial charge in [0.25, 0.3) is 0 Å². The Morgan fingerprint density at radius 2 is 2.21 bits per heavy atom. The van der Waals surface area contributed by atoms with E-state index < -0.39 is 0 Å². The first-order valence-corrected chi connectivity index (χ1v) is 5.18. The molecule has 1 heterocycles. The van der Waals surface area contributed by atoms with Gasteiger partial charge in [-0.05, 0) is 30.7 Å². The van der Waals surface area contributed by atoms with Gasteiger partial charge < -0.3 is 10.5 Å². The third-order valence-electron chi connectivity index (χ3n) is 2.82. The molecule has 2 N–H and O–H groups in total. The van der Waals surface area contributed by atoms with Gasteiger partial charge >= 0.3 is 0 Å². The molecule has 1 aliphatic heterocycles. The summed E-state index contributed by atoms with van der Waals surface area (Å²) in [4.78, 5) is 0. The molecule has 2 nitrogen and oxygen atoms in total. The minimum Gasteiger partial charge on any atom is -0.379 e. The average Bonchev–Trinajstić information content (AvgIpc) is 2.11. The van der Waals surface area contributed by atoms with Crippen LogP contribution < -0.4 is 5.73 Å². The van der Waals surface area contributed by atoms with Crippen LogP contribution in [0, 0.1) is 0 Å². The fourth-order valence-corrected chi connectivity index (χ4v) is 2.09. The van der Waals surface area contributed by atoms with Crippen molar-refractivity contribution in [3.63, 3.8) is 0 Å². The zero-order chi connectivity index (χ0) is 10.0. The van der Waals surface area contributed by atoms with Crippen molar-refractivity contribution in [1.82, 2.24) is 0 Å². The fraction of sp³-hybridized carbons (Fsp3) is 0.455. The van der Waals surface area contributed by atoms with Crippen molar-refractivity contribution >= 4 is 11.6 Å². The Kier molecular flexibility index (Phi) is 2.77. The largest absolute Gasteiger partial charge is 0.379 e. The molecular formula is C11H14ClNO. The van der Waals surface area contributed by atoms with Crippen LogP contribution in [0.1, 0.15) is 12.0 Å². The second kappa shape index (κ2) is 3.89. The van der Waals surface area contributed by atoms with E-state index in [9.17, 15) is 0 Å². The van der Waals surface area contributed by atoms with Gasteiger partial charge in [-0.15, -0.1) is 0 Å². The van der Waals surface area contributed by atoms with E-state index in [1.54, 1.807) is 0 Å². The van der Waals surface area contributed by atoms with Crippen LogP contribution in [0.15, 0.2) is 24.3 Å². The van der Waals surface area contributed by atoms with Gasteiger partial charge in [0.15, 0.2) is 0 Å². The number of hydrogen-bond acceptors (Lipinski definition) is 2. The van der Waals surface area contributed by atoms with Crippen molar-refractivity contribution in [3.05, 3.63) is 34.9 Å². The SMILES string of the molecule is NCCC1(c2cccc(Cl)c2)COC1. The average molecular weight is 212 g/mol. The van der Waals surface area contributed by atoms with Gasteiger partial charge in [0.2, 0.25) is 0 Å². The first-order valence-electron chi connectivity index (χ1n) is 4.81. The Labute approximate surface area is 89.0 Å². The van der Waals surface area contributed by atoms with Gasteiger partial charge in [-0.1, -0.05) is 23.7 Å². The fourth-order valence-electron chi connectivity index (χ4n) is 1.90. The summed E-state index contributed by atoms with van der Waals surface area (Å²) in [6, 6.07) is 7.98. The van der Waals surface area contributed by atoms with Crippen LogP contribution in [0.3, 0.4) is 0 Å². The van der Waals surface area contributed by atoms with E-state index in [1.165, 1.54) is 5.56 Å². The number of ether oxygens (including phenoxy) is 1. The molecule has 0 spiro atoms. The molecule has 2 rings (SSSR count). The quantitative estimate of drug-likeness (QED) is 0.830. The van der Waals surface area contributed by atoms with E-state index in [0.717, 1.165) is 24.7 Å². The van der Waals surface area contributed by atoms with Gasteiger partial charge in [-0.3, -0.25) is 0 Å². The lowest BCUT2D eigenvalue weighted by Gasteiger charge is -2.42. The van der Waals surface area contributed by atoms with E-state index in [2.05, 4.69) is 6.07 Å². The van der Waals surface area contributed by atoms with Crippen LogP contribution in [-0.4, -0.2) is 19.8 Å². The van der Waals surface area contributed by atoms with Crippen LogP contribution in [0.4, 0.5) is 0 Å². The maximum absolute atomic E-state index is 5.96. The standard InChI is InChI=1S/C11H14ClNO/c12-10-3-1-2-9(6-10)11(4-5-13)7-14-8-11/h1-3,6H,4-5,7-8,13H2. The van der Waals surface area contributed by atoms with Gasteiger partial charge in [-0.25, -0.2) is 0 Å². The molecule has 1 aromatic rings. The summed E-state index contributed by atoms with van der Waals surface area (Å²) in [5.74, 6) is 0. The third-order valence-corrected chi connectivity index (χ3v) is 3.05. The molecule has 0 unspecified atom stereocenters. The highest BCUT2D eigenvalue weighted by atomic mass is 35.5. The van der Waals surface area contributed by atoms with Crippen LogP contribution in [0.5, 0.6) is 0 Å². The third kappa shape index (κ3) is 1.65. The first kappa shape index (κ1) is 9.97. The predicted molar refractivity (Wildman–Crippen MR) is 57.6 cm³/mol. The number of rotatable bonds is 3. The molecule has 1 aromatic carbocycles. The second-order valence-electron chi connectivity index (χ2n) is 3.82. The molecule has 1 aliphatic rings. The van der Waals surface area contributed by atoms with Gasteiger partial charge in [0.1, 0.15) is 0 Å². The van der Waals surface area contributed by atoms with Crippen molar-refractivity contribution in [1.29, 1.82) is 0 Å². The van der Waals surface area contributed by atoms with Gasteiger partial charge in [0, 0.05) is 10.4 Å². The molecule has 14 heavy (non-hydrogen) atoms. The summed E-state index contributed by atoms with van der Waals surface area (Å²) >= 11 is 5.96. The van der Waals surface area contributed by atoms with Gasteiger partial charge in [0.05, 0.1) is 13.2 Å². The second-order valence-corrected chi connectivity index (χ2v) is 4.26. The lowest BCUT2D eigenvalue weighted by molar-refractivity contribution is -0.0631. The Balaban J connectivity index is 2.27. The zero-order valence-corrected chi connectivity index (χ0v) is 8.76. The topological polar surface area (TPSA) is 35.2 Å². The molecule has 1 saturated heterocycles. The Hall–Kier alpha value is -0.570. The molecule has 0 aliphatic carbocycles. The molecule has 3 heteroatoms. The number of hydrogen-bond donors (Lipinski definition) is 1. The molecule has 0 aromatic heterocycles. The number of nitrogens with two attached hydrogens (primary N) is 1. The maximum atomic E-state index is 5.96. The summed E-state index contributed by atoms with van der Waals surface area (Å²) in [7, 11) is 0. The van der Waals surface area contributed by atoms with E-state index in [-0.39, 0.29) is 5.41 Å². The summed E-state index contributed by atoms with van der Waals surface area (Å²) in [5, 5.41) is 0.783.